The Balaban J connectivity index is 2.49. The van der Waals surface area contributed by atoms with Crippen LogP contribution >= 0.6 is 0 Å². The van der Waals surface area contributed by atoms with E-state index in [1.807, 2.05) is 23.9 Å². The van der Waals surface area contributed by atoms with E-state index >= 15 is 0 Å². The third-order valence-corrected chi connectivity index (χ3v) is 2.39. The van der Waals surface area contributed by atoms with Crippen LogP contribution in [-0.4, -0.2) is 4.57 Å². The van der Waals surface area contributed by atoms with Gasteiger partial charge in [0.15, 0.2) is 0 Å². The van der Waals surface area contributed by atoms with Crippen LogP contribution in [0, 0.1) is 6.92 Å². The highest BCUT2D eigenvalue weighted by atomic mass is 15.0. The van der Waals surface area contributed by atoms with Crippen molar-refractivity contribution in [1.29, 1.82) is 0 Å². The number of nitrogen functional groups attached to an aromatic ring is 1. The summed E-state index contributed by atoms with van der Waals surface area (Å²) in [5.74, 6) is 0.793. The largest absolute Gasteiger partial charge is 0.385 e. The molecule has 2 heteroatoms. The summed E-state index contributed by atoms with van der Waals surface area (Å²) >= 11 is 0. The van der Waals surface area contributed by atoms with Crippen LogP contribution in [0.1, 0.15) is 5.56 Å². The smallest absolute Gasteiger partial charge is 0.103 e. The first-order valence-electron chi connectivity index (χ1n) is 4.66. The van der Waals surface area contributed by atoms with Gasteiger partial charge < -0.3 is 10.3 Å². The molecule has 1 heterocycles. The number of rotatable bonds is 1. The number of hydrogen-bond acceptors (Lipinski definition) is 1. The van der Waals surface area contributed by atoms with Gasteiger partial charge in [-0.25, -0.2) is 0 Å². The van der Waals surface area contributed by atoms with Crippen LogP contribution in [0.25, 0.3) is 11.1 Å². The van der Waals surface area contributed by atoms with Gasteiger partial charge in [0, 0.05) is 18.8 Å². The highest BCUT2D eigenvalue weighted by molar-refractivity contribution is 5.67. The third-order valence-electron chi connectivity index (χ3n) is 2.39. The molecule has 14 heavy (non-hydrogen) atoms. The number of benzene rings is 1. The normalized spacial score (nSPS) is 10.4. The average molecular weight is 186 g/mol. The van der Waals surface area contributed by atoms with Gasteiger partial charge in [0.05, 0.1) is 0 Å². The van der Waals surface area contributed by atoms with Crippen molar-refractivity contribution in [3.8, 4) is 11.1 Å². The molecule has 0 bridgehead atoms. The van der Waals surface area contributed by atoms with Crippen LogP contribution in [-0.2, 0) is 7.05 Å². The third kappa shape index (κ3) is 1.51. The zero-order chi connectivity index (χ0) is 10.1. The number of anilines is 1. The summed E-state index contributed by atoms with van der Waals surface area (Å²) in [6.45, 7) is 2.09. The lowest BCUT2D eigenvalue weighted by atomic mass is 10.1. The first-order chi connectivity index (χ1) is 6.66. The second-order valence-electron chi connectivity index (χ2n) is 3.63. The topological polar surface area (TPSA) is 30.9 Å². The van der Waals surface area contributed by atoms with Crippen LogP contribution in [0.2, 0.25) is 0 Å². The van der Waals surface area contributed by atoms with E-state index in [0.29, 0.717) is 0 Å². The van der Waals surface area contributed by atoms with Crippen molar-refractivity contribution in [2.75, 3.05) is 5.73 Å². The minimum Gasteiger partial charge on any atom is -0.385 e. The summed E-state index contributed by atoms with van der Waals surface area (Å²) in [6, 6.07) is 10.4. The lowest BCUT2D eigenvalue weighted by Gasteiger charge is -1.98. The molecule has 72 valence electrons. The average Bonchev–Trinajstić information content (AvgIpc) is 2.47. The van der Waals surface area contributed by atoms with Crippen molar-refractivity contribution in [2.24, 2.45) is 7.05 Å². The molecule has 2 nitrogen and oxygen atoms in total. The highest BCUT2D eigenvalue weighted by Crippen LogP contribution is 2.23. The maximum atomic E-state index is 5.78. The Morgan fingerprint density at radius 3 is 2.50 bits per heavy atom. The molecule has 0 aliphatic rings. The number of nitrogens with zero attached hydrogens (tertiary/aromatic N) is 1. The van der Waals surface area contributed by atoms with Gasteiger partial charge >= 0.3 is 0 Å². The summed E-state index contributed by atoms with van der Waals surface area (Å²) in [7, 11) is 1.95. The van der Waals surface area contributed by atoms with E-state index in [1.54, 1.807) is 0 Å². The first kappa shape index (κ1) is 8.88. The van der Waals surface area contributed by atoms with Gasteiger partial charge in [-0.05, 0) is 18.6 Å². The Morgan fingerprint density at radius 2 is 1.93 bits per heavy atom. The number of hydrogen-bond donors (Lipinski definition) is 1. The SMILES string of the molecule is Cc1cccc(-c2cc(N)n(C)c2)c1. The second-order valence-corrected chi connectivity index (χ2v) is 3.63. The quantitative estimate of drug-likeness (QED) is 0.729. The van der Waals surface area contributed by atoms with Gasteiger partial charge in [0.2, 0.25) is 0 Å². The second kappa shape index (κ2) is 3.22. The molecular formula is C12H14N2. The molecule has 0 unspecified atom stereocenters. The Bertz CT molecular complexity index is 436. The van der Waals surface area contributed by atoms with Crippen LogP contribution in [0.5, 0.6) is 0 Å². The summed E-state index contributed by atoms with van der Waals surface area (Å²) in [5.41, 5.74) is 9.44. The highest BCUT2D eigenvalue weighted by Gasteiger charge is 2.01. The fourth-order valence-corrected chi connectivity index (χ4v) is 1.56. The number of nitrogens with two attached hydrogens (primary N) is 1. The molecule has 0 aliphatic carbocycles. The molecule has 1 aromatic heterocycles. The molecule has 0 radical (unpaired) electrons. The molecule has 2 rings (SSSR count). The molecule has 0 spiro atoms. The molecule has 0 saturated heterocycles. The number of aryl methyl sites for hydroxylation is 2. The van der Waals surface area contributed by atoms with Crippen LogP contribution in [0.3, 0.4) is 0 Å². The molecule has 0 aliphatic heterocycles. The monoisotopic (exact) mass is 186 g/mol. The van der Waals surface area contributed by atoms with Crippen molar-refractivity contribution in [3.63, 3.8) is 0 Å². The van der Waals surface area contributed by atoms with E-state index in [-0.39, 0.29) is 0 Å². The Hall–Kier alpha value is -1.70. The van der Waals surface area contributed by atoms with Gasteiger partial charge in [0.1, 0.15) is 5.82 Å². The van der Waals surface area contributed by atoms with E-state index in [4.69, 9.17) is 5.73 Å². The summed E-state index contributed by atoms with van der Waals surface area (Å²) in [4.78, 5) is 0. The van der Waals surface area contributed by atoms with Gasteiger partial charge in [-0.1, -0.05) is 29.8 Å². The van der Waals surface area contributed by atoms with Crippen molar-refractivity contribution < 1.29 is 0 Å². The first-order valence-corrected chi connectivity index (χ1v) is 4.66. The molecule has 2 N–H and O–H groups in total. The fourth-order valence-electron chi connectivity index (χ4n) is 1.56. The van der Waals surface area contributed by atoms with Crippen molar-refractivity contribution in [2.45, 2.75) is 6.92 Å². The van der Waals surface area contributed by atoms with E-state index in [9.17, 15) is 0 Å². The van der Waals surface area contributed by atoms with Crippen molar-refractivity contribution in [3.05, 3.63) is 42.1 Å². The molecule has 0 atom stereocenters. The molecule has 0 saturated carbocycles. The van der Waals surface area contributed by atoms with Crippen molar-refractivity contribution >= 4 is 5.82 Å². The number of aromatic nitrogens is 1. The lowest BCUT2D eigenvalue weighted by molar-refractivity contribution is 0.942. The van der Waals surface area contributed by atoms with Gasteiger partial charge in [-0.3, -0.25) is 0 Å². The zero-order valence-corrected chi connectivity index (χ0v) is 8.49. The minimum atomic E-state index is 0.793. The van der Waals surface area contributed by atoms with Crippen LogP contribution in [0.4, 0.5) is 5.82 Å². The summed E-state index contributed by atoms with van der Waals surface area (Å²) in [6.07, 6.45) is 2.05. The molecule has 2 aromatic rings. The van der Waals surface area contributed by atoms with E-state index in [2.05, 4.69) is 31.2 Å². The predicted octanol–water partition coefficient (Wildman–Crippen LogP) is 2.58. The predicted molar refractivity (Wildman–Crippen MR) is 60.0 cm³/mol. The maximum Gasteiger partial charge on any atom is 0.103 e. The summed E-state index contributed by atoms with van der Waals surface area (Å²) < 4.78 is 1.93. The Morgan fingerprint density at radius 1 is 1.14 bits per heavy atom. The standard InChI is InChI=1S/C12H14N2/c1-9-4-3-5-10(6-9)11-7-12(13)14(2)8-11/h3-8H,13H2,1-2H3. The Kier molecular flexibility index (Phi) is 2.04. The van der Waals surface area contributed by atoms with E-state index in [1.165, 1.54) is 16.7 Å². The van der Waals surface area contributed by atoms with Gasteiger partial charge in [-0.2, -0.15) is 0 Å². The molecule has 1 aromatic carbocycles. The van der Waals surface area contributed by atoms with Crippen LogP contribution in [0.15, 0.2) is 36.5 Å². The van der Waals surface area contributed by atoms with E-state index in [0.717, 1.165) is 5.82 Å². The fraction of sp³-hybridized carbons (Fsp3) is 0.167. The molecular weight excluding hydrogens is 172 g/mol. The maximum absolute atomic E-state index is 5.78. The molecule has 0 fully saturated rings. The van der Waals surface area contributed by atoms with Crippen LogP contribution < -0.4 is 5.73 Å². The summed E-state index contributed by atoms with van der Waals surface area (Å²) in [5, 5.41) is 0. The molecule has 0 amide bonds. The minimum absolute atomic E-state index is 0.793. The lowest BCUT2D eigenvalue weighted by Crippen LogP contribution is -1.92. The van der Waals surface area contributed by atoms with Gasteiger partial charge in [0.25, 0.3) is 0 Å². The Labute approximate surface area is 84.0 Å². The van der Waals surface area contributed by atoms with Crippen molar-refractivity contribution in [1.82, 2.24) is 4.57 Å². The van der Waals surface area contributed by atoms with Gasteiger partial charge in [-0.15, -0.1) is 0 Å². The van der Waals surface area contributed by atoms with E-state index < -0.39 is 0 Å². The zero-order valence-electron chi connectivity index (χ0n) is 8.49.